The number of hydrogen-bond acceptors (Lipinski definition) is 7. The number of rotatable bonds is 6. The minimum atomic E-state index is 0.775. The van der Waals surface area contributed by atoms with Crippen molar-refractivity contribution in [1.82, 2.24) is 24.4 Å². The fourth-order valence-electron chi connectivity index (χ4n) is 3.57. The van der Waals surface area contributed by atoms with Crippen molar-refractivity contribution in [3.8, 4) is 0 Å². The highest BCUT2D eigenvalue weighted by Gasteiger charge is 2.19. The molecule has 0 unspecified atom stereocenters. The number of imidazole rings is 1. The zero-order valence-electron chi connectivity index (χ0n) is 15.2. The van der Waals surface area contributed by atoms with Crippen LogP contribution in [0.3, 0.4) is 0 Å². The van der Waals surface area contributed by atoms with E-state index in [0.29, 0.717) is 0 Å². The Morgan fingerprint density at radius 1 is 0.885 bits per heavy atom. The Labute approximate surface area is 154 Å². The second kappa shape index (κ2) is 8.46. The van der Waals surface area contributed by atoms with Gasteiger partial charge in [-0.3, -0.25) is 4.90 Å². The highest BCUT2D eigenvalue weighted by atomic mass is 16.5. The molecule has 2 fully saturated rings. The monoisotopic (exact) mass is 357 g/mol. The molecule has 26 heavy (non-hydrogen) atoms. The van der Waals surface area contributed by atoms with Crippen LogP contribution in [0.5, 0.6) is 0 Å². The highest BCUT2D eigenvalue weighted by Crippen LogP contribution is 2.19. The number of nitrogens with zero attached hydrogens (tertiary/aromatic N) is 7. The maximum absolute atomic E-state index is 5.43. The average molecular weight is 357 g/mol. The molecule has 0 spiro atoms. The van der Waals surface area contributed by atoms with Gasteiger partial charge in [-0.2, -0.15) is 0 Å². The molecule has 8 nitrogen and oxygen atoms in total. The summed E-state index contributed by atoms with van der Waals surface area (Å²) in [5.74, 6) is 2.06. The van der Waals surface area contributed by atoms with Crippen molar-refractivity contribution in [2.45, 2.75) is 13.0 Å². The fraction of sp³-hybridized carbons (Fsp3) is 0.611. The molecule has 2 saturated heterocycles. The van der Waals surface area contributed by atoms with Gasteiger partial charge in [0.25, 0.3) is 0 Å². The van der Waals surface area contributed by atoms with Crippen molar-refractivity contribution in [3.05, 3.63) is 31.1 Å². The third-order valence-corrected chi connectivity index (χ3v) is 5.12. The van der Waals surface area contributed by atoms with E-state index in [2.05, 4.69) is 40.3 Å². The van der Waals surface area contributed by atoms with Crippen LogP contribution < -0.4 is 9.80 Å². The first kappa shape index (κ1) is 17.2. The van der Waals surface area contributed by atoms with Crippen LogP contribution in [-0.4, -0.2) is 83.4 Å². The molecule has 4 heterocycles. The molecule has 0 bridgehead atoms. The molecule has 0 aliphatic carbocycles. The molecule has 2 aliphatic heterocycles. The van der Waals surface area contributed by atoms with Crippen LogP contribution in [0.15, 0.2) is 31.1 Å². The molecule has 8 heteroatoms. The third kappa shape index (κ3) is 4.31. The quantitative estimate of drug-likeness (QED) is 0.755. The van der Waals surface area contributed by atoms with E-state index in [1.54, 1.807) is 6.33 Å². The normalized spacial score (nSPS) is 19.1. The second-order valence-electron chi connectivity index (χ2n) is 6.82. The molecule has 0 atom stereocenters. The van der Waals surface area contributed by atoms with E-state index >= 15 is 0 Å². The van der Waals surface area contributed by atoms with E-state index in [1.165, 1.54) is 0 Å². The zero-order valence-corrected chi connectivity index (χ0v) is 15.2. The number of aromatic nitrogens is 4. The third-order valence-electron chi connectivity index (χ3n) is 5.12. The van der Waals surface area contributed by atoms with Gasteiger partial charge in [0, 0.05) is 64.3 Å². The van der Waals surface area contributed by atoms with Crippen molar-refractivity contribution in [2.24, 2.45) is 0 Å². The van der Waals surface area contributed by atoms with Gasteiger partial charge >= 0.3 is 0 Å². The molecular formula is C18H27N7O. The summed E-state index contributed by atoms with van der Waals surface area (Å²) in [5, 5.41) is 0. The molecule has 0 N–H and O–H groups in total. The molecular weight excluding hydrogens is 330 g/mol. The van der Waals surface area contributed by atoms with Crippen molar-refractivity contribution in [1.29, 1.82) is 0 Å². The summed E-state index contributed by atoms with van der Waals surface area (Å²) in [6.45, 7) is 9.73. The molecule has 0 radical (unpaired) electrons. The Balaban J connectivity index is 1.26. The maximum Gasteiger partial charge on any atom is 0.134 e. The van der Waals surface area contributed by atoms with E-state index in [-0.39, 0.29) is 0 Å². The molecule has 140 valence electrons. The Kier molecular flexibility index (Phi) is 5.61. The first-order valence-corrected chi connectivity index (χ1v) is 9.46. The predicted molar refractivity (Wildman–Crippen MR) is 101 cm³/mol. The molecule has 4 rings (SSSR count). The van der Waals surface area contributed by atoms with Gasteiger partial charge in [0.1, 0.15) is 18.0 Å². The van der Waals surface area contributed by atoms with E-state index < -0.39 is 0 Å². The molecule has 2 aromatic heterocycles. The van der Waals surface area contributed by atoms with Crippen molar-refractivity contribution < 1.29 is 4.74 Å². The van der Waals surface area contributed by atoms with Crippen LogP contribution in [0.4, 0.5) is 11.6 Å². The predicted octanol–water partition coefficient (Wildman–Crippen LogP) is 0.722. The van der Waals surface area contributed by atoms with Crippen LogP contribution in [0.1, 0.15) is 6.42 Å². The number of ether oxygens (including phenoxy) is 1. The summed E-state index contributed by atoms with van der Waals surface area (Å²) in [7, 11) is 0. The summed E-state index contributed by atoms with van der Waals surface area (Å²) in [4.78, 5) is 20.2. The number of aryl methyl sites for hydroxylation is 1. The first-order valence-electron chi connectivity index (χ1n) is 9.46. The summed E-state index contributed by atoms with van der Waals surface area (Å²) in [6, 6.07) is 2.13. The lowest BCUT2D eigenvalue weighted by atomic mass is 10.2. The second-order valence-corrected chi connectivity index (χ2v) is 6.82. The minimum absolute atomic E-state index is 0.775. The van der Waals surface area contributed by atoms with Crippen LogP contribution in [0.2, 0.25) is 0 Å². The first-order chi connectivity index (χ1) is 12.9. The topological polar surface area (TPSA) is 62.6 Å². The Hall–Kier alpha value is -2.19. The van der Waals surface area contributed by atoms with Crippen LogP contribution in [-0.2, 0) is 11.3 Å². The van der Waals surface area contributed by atoms with Gasteiger partial charge < -0.3 is 19.1 Å². The average Bonchev–Trinajstić information content (AvgIpc) is 3.23. The number of morpholine rings is 1. The van der Waals surface area contributed by atoms with E-state index in [4.69, 9.17) is 4.74 Å². The molecule has 0 saturated carbocycles. The lowest BCUT2D eigenvalue weighted by Gasteiger charge is -2.36. The van der Waals surface area contributed by atoms with Gasteiger partial charge in [-0.15, -0.1) is 0 Å². The zero-order chi connectivity index (χ0) is 17.6. The lowest BCUT2D eigenvalue weighted by molar-refractivity contribution is 0.122. The summed E-state index contributed by atoms with van der Waals surface area (Å²) in [5.41, 5.74) is 0. The molecule has 0 aromatic carbocycles. The van der Waals surface area contributed by atoms with Gasteiger partial charge in [0.2, 0.25) is 0 Å². The van der Waals surface area contributed by atoms with Crippen LogP contribution >= 0.6 is 0 Å². The van der Waals surface area contributed by atoms with Gasteiger partial charge in [-0.05, 0) is 13.0 Å². The van der Waals surface area contributed by atoms with Gasteiger partial charge in [0.15, 0.2) is 0 Å². The molecule has 2 aliphatic rings. The minimum Gasteiger partial charge on any atom is -0.378 e. The SMILES string of the molecule is c1cn(CCCN2CCN(c3cc(N4CCOCC4)ncn3)CC2)cn1. The Bertz CT molecular complexity index is 664. The lowest BCUT2D eigenvalue weighted by Crippen LogP contribution is -2.47. The van der Waals surface area contributed by atoms with Gasteiger partial charge in [0.05, 0.1) is 19.5 Å². The smallest absolute Gasteiger partial charge is 0.134 e. The molecule has 0 amide bonds. The fourth-order valence-corrected chi connectivity index (χ4v) is 3.57. The summed E-state index contributed by atoms with van der Waals surface area (Å²) >= 11 is 0. The van der Waals surface area contributed by atoms with Gasteiger partial charge in [-0.1, -0.05) is 0 Å². The highest BCUT2D eigenvalue weighted by molar-refractivity contribution is 5.50. The van der Waals surface area contributed by atoms with Crippen molar-refractivity contribution >= 4 is 11.6 Å². The van der Waals surface area contributed by atoms with E-state index in [9.17, 15) is 0 Å². The van der Waals surface area contributed by atoms with E-state index in [1.807, 2.05) is 18.7 Å². The number of piperazine rings is 1. The van der Waals surface area contributed by atoms with Crippen molar-refractivity contribution in [2.75, 3.05) is 68.8 Å². The van der Waals surface area contributed by atoms with Gasteiger partial charge in [-0.25, -0.2) is 15.0 Å². The summed E-state index contributed by atoms with van der Waals surface area (Å²) in [6.07, 6.45) is 8.60. The summed E-state index contributed by atoms with van der Waals surface area (Å²) < 4.78 is 7.57. The largest absolute Gasteiger partial charge is 0.378 e. The maximum atomic E-state index is 5.43. The Morgan fingerprint density at radius 3 is 2.31 bits per heavy atom. The van der Waals surface area contributed by atoms with Crippen molar-refractivity contribution in [3.63, 3.8) is 0 Å². The van der Waals surface area contributed by atoms with Crippen LogP contribution in [0, 0.1) is 0 Å². The Morgan fingerprint density at radius 2 is 1.62 bits per heavy atom. The van der Waals surface area contributed by atoms with E-state index in [0.717, 1.165) is 83.6 Å². The molecule has 2 aromatic rings. The standard InChI is InChI=1S/C18H27N7O/c1(4-23-5-2-19-16-23)3-22-6-8-24(9-7-22)17-14-18(21-15-20-17)25-10-12-26-13-11-25/h2,5,14-16H,1,3-4,6-13H2. The number of anilines is 2. The van der Waals surface area contributed by atoms with Crippen LogP contribution in [0.25, 0.3) is 0 Å². The number of hydrogen-bond donors (Lipinski definition) is 0.